The van der Waals surface area contributed by atoms with Crippen molar-refractivity contribution in [1.29, 1.82) is 0 Å². The van der Waals surface area contributed by atoms with Gasteiger partial charge in [-0.25, -0.2) is 4.79 Å². The summed E-state index contributed by atoms with van der Waals surface area (Å²) >= 11 is 0. The van der Waals surface area contributed by atoms with Crippen LogP contribution < -0.4 is 0 Å². The van der Waals surface area contributed by atoms with Gasteiger partial charge in [-0.2, -0.15) is 0 Å². The Morgan fingerprint density at radius 1 is 0.931 bits per heavy atom. The molecule has 29 heavy (non-hydrogen) atoms. The molecule has 1 heterocycles. The van der Waals surface area contributed by atoms with Crippen molar-refractivity contribution in [3.8, 4) is 0 Å². The maximum absolute atomic E-state index is 10.4. The molecular weight excluding hydrogens is 368 g/mol. The Kier molecular flexibility index (Phi) is 8.19. The molecule has 6 heteroatoms. The minimum absolute atomic E-state index is 0.254. The Hall–Kier alpha value is -2.25. The molecule has 0 aromatic heterocycles. The molecule has 1 aliphatic rings. The van der Waals surface area contributed by atoms with E-state index in [2.05, 4.69) is 71.3 Å². The monoisotopic (exact) mass is 398 g/mol. The molecule has 0 amide bonds. The van der Waals surface area contributed by atoms with E-state index < -0.39 is 5.97 Å². The number of hydrogen-bond donors (Lipinski definition) is 1. The van der Waals surface area contributed by atoms with Crippen LogP contribution in [0, 0.1) is 6.92 Å². The fraction of sp³-hybridized carbons (Fsp3) is 0.435. The van der Waals surface area contributed by atoms with Gasteiger partial charge in [0.1, 0.15) is 6.61 Å². The second-order valence-electron chi connectivity index (χ2n) is 7.36. The van der Waals surface area contributed by atoms with Crippen LogP contribution in [0.2, 0.25) is 0 Å². The largest absolute Gasteiger partial charge is 0.480 e. The molecule has 2 aromatic carbocycles. The number of hydrogen-bond acceptors (Lipinski definition) is 5. The number of aryl methyl sites for hydroxylation is 1. The molecule has 0 aliphatic carbocycles. The number of carbonyl (C=O) groups is 1. The van der Waals surface area contributed by atoms with Crippen molar-refractivity contribution in [3.63, 3.8) is 0 Å². The first-order valence-corrected chi connectivity index (χ1v) is 10.1. The van der Waals surface area contributed by atoms with Crippen molar-refractivity contribution >= 4 is 5.97 Å². The van der Waals surface area contributed by atoms with Crippen LogP contribution in [0.1, 0.15) is 22.7 Å². The average molecular weight is 399 g/mol. The number of aliphatic carboxylic acids is 1. The highest BCUT2D eigenvalue weighted by Crippen LogP contribution is 2.29. The van der Waals surface area contributed by atoms with E-state index in [1.165, 1.54) is 16.7 Å². The highest BCUT2D eigenvalue weighted by Gasteiger charge is 2.26. The van der Waals surface area contributed by atoms with Crippen LogP contribution in [-0.2, 0) is 14.3 Å². The Bertz CT molecular complexity index is 743. The Balaban J connectivity index is 1.52. The smallest absolute Gasteiger partial charge is 0.329 e. The lowest BCUT2D eigenvalue weighted by atomic mass is 9.95. The molecule has 2 aromatic rings. The van der Waals surface area contributed by atoms with Crippen LogP contribution in [0.4, 0.5) is 0 Å². The van der Waals surface area contributed by atoms with Crippen molar-refractivity contribution in [3.05, 3.63) is 71.3 Å². The predicted octanol–water partition coefficient (Wildman–Crippen LogP) is 2.78. The van der Waals surface area contributed by atoms with E-state index in [1.807, 2.05) is 0 Å². The van der Waals surface area contributed by atoms with Crippen LogP contribution in [0.3, 0.4) is 0 Å². The van der Waals surface area contributed by atoms with Gasteiger partial charge in [-0.05, 0) is 18.1 Å². The molecule has 0 saturated carbocycles. The van der Waals surface area contributed by atoms with Gasteiger partial charge in [-0.1, -0.05) is 60.2 Å². The molecule has 3 rings (SSSR count). The predicted molar refractivity (Wildman–Crippen MR) is 112 cm³/mol. The maximum atomic E-state index is 10.4. The summed E-state index contributed by atoms with van der Waals surface area (Å²) < 4.78 is 10.6. The number of nitrogens with zero attached hydrogens (tertiary/aromatic N) is 2. The topological polar surface area (TPSA) is 62.2 Å². The molecule has 0 spiro atoms. The number of benzene rings is 2. The first-order chi connectivity index (χ1) is 14.1. The van der Waals surface area contributed by atoms with Crippen LogP contribution in [0.25, 0.3) is 0 Å². The van der Waals surface area contributed by atoms with Crippen LogP contribution in [-0.4, -0.2) is 73.6 Å². The number of carboxylic acids is 1. The van der Waals surface area contributed by atoms with Gasteiger partial charge in [-0.15, -0.1) is 0 Å². The summed E-state index contributed by atoms with van der Waals surface area (Å²) in [5.41, 5.74) is 3.91. The van der Waals surface area contributed by atoms with Gasteiger partial charge < -0.3 is 14.6 Å². The van der Waals surface area contributed by atoms with Crippen molar-refractivity contribution in [2.24, 2.45) is 0 Å². The summed E-state index contributed by atoms with van der Waals surface area (Å²) in [5.74, 6) is -0.956. The second-order valence-corrected chi connectivity index (χ2v) is 7.36. The van der Waals surface area contributed by atoms with Crippen LogP contribution >= 0.6 is 0 Å². The van der Waals surface area contributed by atoms with E-state index in [-0.39, 0.29) is 12.6 Å². The number of carboxylic acid groups (broad SMARTS) is 1. The molecule has 1 N–H and O–H groups in total. The normalized spacial score (nSPS) is 16.6. The zero-order valence-electron chi connectivity index (χ0n) is 17.0. The third-order valence-electron chi connectivity index (χ3n) is 5.15. The molecule has 6 nitrogen and oxygen atoms in total. The summed E-state index contributed by atoms with van der Waals surface area (Å²) in [6.07, 6.45) is 0. The third kappa shape index (κ3) is 6.65. The lowest BCUT2D eigenvalue weighted by Crippen LogP contribution is -2.48. The minimum atomic E-state index is -0.956. The van der Waals surface area contributed by atoms with Gasteiger partial charge >= 0.3 is 5.97 Å². The first kappa shape index (κ1) is 21.5. The van der Waals surface area contributed by atoms with Crippen LogP contribution in [0.5, 0.6) is 0 Å². The standard InChI is InChI=1S/C23H30N2O4/c1-19-7-9-21(10-8-19)23(20-5-3-2-4-6-20)25-13-11-24(12-14-25)18-29-16-15-28-17-22(26)27/h2-10,23H,11-18H2,1H3,(H,26,27). The van der Waals surface area contributed by atoms with Crippen molar-refractivity contribution in [2.75, 3.05) is 52.7 Å². The van der Waals surface area contributed by atoms with Crippen LogP contribution in [0.15, 0.2) is 54.6 Å². The molecule has 1 fully saturated rings. The van der Waals surface area contributed by atoms with Gasteiger partial charge in [0.2, 0.25) is 0 Å². The molecule has 1 atom stereocenters. The Labute approximate surface area is 172 Å². The zero-order valence-corrected chi connectivity index (χ0v) is 17.0. The van der Waals surface area contributed by atoms with Crippen molar-refractivity contribution in [2.45, 2.75) is 13.0 Å². The molecule has 0 bridgehead atoms. The van der Waals surface area contributed by atoms with Crippen molar-refractivity contribution in [1.82, 2.24) is 9.80 Å². The van der Waals surface area contributed by atoms with Gasteiger partial charge in [-0.3, -0.25) is 9.80 Å². The summed E-state index contributed by atoms with van der Waals surface area (Å²) in [7, 11) is 0. The van der Waals surface area contributed by atoms with Gasteiger partial charge in [0.25, 0.3) is 0 Å². The highest BCUT2D eigenvalue weighted by molar-refractivity contribution is 5.67. The van der Waals surface area contributed by atoms with E-state index in [0.717, 1.165) is 26.2 Å². The average Bonchev–Trinajstić information content (AvgIpc) is 2.74. The third-order valence-corrected chi connectivity index (χ3v) is 5.15. The van der Waals surface area contributed by atoms with E-state index in [0.29, 0.717) is 19.9 Å². The molecular formula is C23H30N2O4. The molecule has 1 aliphatic heterocycles. The minimum Gasteiger partial charge on any atom is -0.480 e. The summed E-state index contributed by atoms with van der Waals surface area (Å²) in [6, 6.07) is 19.8. The Morgan fingerprint density at radius 2 is 1.55 bits per heavy atom. The fourth-order valence-electron chi connectivity index (χ4n) is 3.62. The summed E-state index contributed by atoms with van der Waals surface area (Å²) in [6.45, 7) is 6.90. The molecule has 1 unspecified atom stereocenters. The lowest BCUT2D eigenvalue weighted by molar-refractivity contribution is -0.143. The summed E-state index contributed by atoms with van der Waals surface area (Å²) in [5, 5.41) is 8.54. The maximum Gasteiger partial charge on any atom is 0.329 e. The van der Waals surface area contributed by atoms with E-state index >= 15 is 0 Å². The number of piperazine rings is 1. The second kappa shape index (κ2) is 11.1. The quantitative estimate of drug-likeness (QED) is 0.621. The Morgan fingerprint density at radius 3 is 2.21 bits per heavy atom. The van der Waals surface area contributed by atoms with Gasteiger partial charge in [0.15, 0.2) is 0 Å². The molecule has 1 saturated heterocycles. The first-order valence-electron chi connectivity index (χ1n) is 10.1. The fourth-order valence-corrected chi connectivity index (χ4v) is 3.62. The number of ether oxygens (including phenoxy) is 2. The van der Waals surface area contributed by atoms with E-state index in [9.17, 15) is 4.79 Å². The lowest BCUT2D eigenvalue weighted by Gasteiger charge is -2.39. The zero-order chi connectivity index (χ0) is 20.5. The van der Waals surface area contributed by atoms with E-state index in [4.69, 9.17) is 14.6 Å². The number of rotatable bonds is 10. The molecule has 0 radical (unpaired) electrons. The highest BCUT2D eigenvalue weighted by atomic mass is 16.5. The van der Waals surface area contributed by atoms with Gasteiger partial charge in [0.05, 0.1) is 26.0 Å². The van der Waals surface area contributed by atoms with Crippen molar-refractivity contribution < 1.29 is 19.4 Å². The summed E-state index contributed by atoms with van der Waals surface area (Å²) in [4.78, 5) is 15.2. The SMILES string of the molecule is Cc1ccc(C(c2ccccc2)N2CCN(COCCOCC(=O)O)CC2)cc1. The van der Waals surface area contributed by atoms with Gasteiger partial charge in [0, 0.05) is 26.2 Å². The molecule has 156 valence electrons. The van der Waals surface area contributed by atoms with E-state index in [1.54, 1.807) is 0 Å².